The number of rotatable bonds is 9. The van der Waals surface area contributed by atoms with Gasteiger partial charge < -0.3 is 10.4 Å². The lowest BCUT2D eigenvalue weighted by molar-refractivity contribution is 0.0785. The summed E-state index contributed by atoms with van der Waals surface area (Å²) >= 11 is 0. The molecule has 0 radical (unpaired) electrons. The summed E-state index contributed by atoms with van der Waals surface area (Å²) in [6, 6.07) is 0. The van der Waals surface area contributed by atoms with Gasteiger partial charge in [-0.15, -0.1) is 0 Å². The van der Waals surface area contributed by atoms with E-state index in [-0.39, 0.29) is 6.10 Å². The molecule has 0 spiro atoms. The van der Waals surface area contributed by atoms with Crippen LogP contribution in [0.1, 0.15) is 71.1 Å². The summed E-state index contributed by atoms with van der Waals surface area (Å²) in [6.07, 6.45) is 12.7. The Balaban J connectivity index is 1.90. The van der Waals surface area contributed by atoms with E-state index in [9.17, 15) is 5.11 Å². The lowest BCUT2D eigenvalue weighted by atomic mass is 9.89. The molecule has 0 saturated carbocycles. The molecule has 102 valence electrons. The standard InChI is InChI=1S/C15H31NO/c1-2-3-4-5-6-7-8-9-15(17)14-10-12-16-13-11-14/h14-17H,2-13H2,1H3. The molecule has 1 aliphatic heterocycles. The van der Waals surface area contributed by atoms with Crippen LogP contribution in [0.5, 0.6) is 0 Å². The Morgan fingerprint density at radius 3 is 2.24 bits per heavy atom. The van der Waals surface area contributed by atoms with Gasteiger partial charge in [0, 0.05) is 0 Å². The van der Waals surface area contributed by atoms with Crippen molar-refractivity contribution < 1.29 is 5.11 Å². The molecule has 1 heterocycles. The van der Waals surface area contributed by atoms with Crippen molar-refractivity contribution in [2.45, 2.75) is 77.2 Å². The summed E-state index contributed by atoms with van der Waals surface area (Å²) in [6.45, 7) is 4.45. The van der Waals surface area contributed by atoms with Crippen LogP contribution in [0.25, 0.3) is 0 Å². The summed E-state index contributed by atoms with van der Waals surface area (Å²) < 4.78 is 0. The van der Waals surface area contributed by atoms with Crippen LogP contribution in [0.15, 0.2) is 0 Å². The summed E-state index contributed by atoms with van der Waals surface area (Å²) in [4.78, 5) is 0. The van der Waals surface area contributed by atoms with Gasteiger partial charge in [0.2, 0.25) is 0 Å². The van der Waals surface area contributed by atoms with Crippen molar-refractivity contribution in [2.75, 3.05) is 13.1 Å². The van der Waals surface area contributed by atoms with Gasteiger partial charge in [-0.2, -0.15) is 0 Å². The molecule has 1 rings (SSSR count). The second-order valence-electron chi connectivity index (χ2n) is 5.56. The van der Waals surface area contributed by atoms with Crippen LogP contribution in [0, 0.1) is 5.92 Å². The molecule has 1 aliphatic rings. The van der Waals surface area contributed by atoms with Crippen LogP contribution in [0.4, 0.5) is 0 Å². The quantitative estimate of drug-likeness (QED) is 0.606. The van der Waals surface area contributed by atoms with Crippen molar-refractivity contribution in [3.05, 3.63) is 0 Å². The van der Waals surface area contributed by atoms with E-state index < -0.39 is 0 Å². The van der Waals surface area contributed by atoms with Crippen LogP contribution in [0.2, 0.25) is 0 Å². The van der Waals surface area contributed by atoms with Gasteiger partial charge in [-0.25, -0.2) is 0 Å². The van der Waals surface area contributed by atoms with Gasteiger partial charge >= 0.3 is 0 Å². The maximum atomic E-state index is 10.1. The SMILES string of the molecule is CCCCCCCCCC(O)C1CCNCC1. The molecule has 1 fully saturated rings. The third-order valence-electron chi connectivity index (χ3n) is 4.03. The first-order chi connectivity index (χ1) is 8.34. The van der Waals surface area contributed by atoms with Gasteiger partial charge in [-0.05, 0) is 38.3 Å². The number of hydrogen-bond acceptors (Lipinski definition) is 2. The largest absolute Gasteiger partial charge is 0.393 e. The third kappa shape index (κ3) is 7.05. The lowest BCUT2D eigenvalue weighted by Gasteiger charge is -2.27. The highest BCUT2D eigenvalue weighted by molar-refractivity contribution is 4.75. The van der Waals surface area contributed by atoms with Gasteiger partial charge in [0.15, 0.2) is 0 Å². The van der Waals surface area contributed by atoms with Crippen LogP contribution in [-0.4, -0.2) is 24.3 Å². The summed E-state index contributed by atoms with van der Waals surface area (Å²) in [7, 11) is 0. The molecule has 17 heavy (non-hydrogen) atoms. The predicted molar refractivity (Wildman–Crippen MR) is 74.2 cm³/mol. The maximum absolute atomic E-state index is 10.1. The Labute approximate surface area is 107 Å². The highest BCUT2D eigenvalue weighted by atomic mass is 16.3. The molecule has 0 aliphatic carbocycles. The number of unbranched alkanes of at least 4 members (excludes halogenated alkanes) is 6. The molecule has 1 atom stereocenters. The molecule has 0 aromatic carbocycles. The van der Waals surface area contributed by atoms with Crippen molar-refractivity contribution in [3.8, 4) is 0 Å². The van der Waals surface area contributed by atoms with Crippen molar-refractivity contribution >= 4 is 0 Å². The fourth-order valence-electron chi connectivity index (χ4n) is 2.78. The molecule has 0 aromatic heterocycles. The molecular weight excluding hydrogens is 210 g/mol. The van der Waals surface area contributed by atoms with E-state index in [1.54, 1.807) is 0 Å². The smallest absolute Gasteiger partial charge is 0.0569 e. The highest BCUT2D eigenvalue weighted by Crippen LogP contribution is 2.20. The molecule has 1 unspecified atom stereocenters. The van der Waals surface area contributed by atoms with Gasteiger partial charge in [0.25, 0.3) is 0 Å². The summed E-state index contributed by atoms with van der Waals surface area (Å²) in [5.74, 6) is 0.566. The second kappa shape index (κ2) is 9.90. The third-order valence-corrected chi connectivity index (χ3v) is 4.03. The average Bonchev–Trinajstić information content (AvgIpc) is 2.38. The fourth-order valence-corrected chi connectivity index (χ4v) is 2.78. The molecule has 2 nitrogen and oxygen atoms in total. The van der Waals surface area contributed by atoms with Gasteiger partial charge in [-0.3, -0.25) is 0 Å². The Morgan fingerprint density at radius 1 is 1.00 bits per heavy atom. The van der Waals surface area contributed by atoms with Gasteiger partial charge in [0.05, 0.1) is 6.10 Å². The van der Waals surface area contributed by atoms with Gasteiger partial charge in [0.1, 0.15) is 0 Å². The number of piperidine rings is 1. The number of aliphatic hydroxyl groups is 1. The van der Waals surface area contributed by atoms with E-state index in [0.717, 1.165) is 32.4 Å². The van der Waals surface area contributed by atoms with Crippen LogP contribution in [-0.2, 0) is 0 Å². The van der Waals surface area contributed by atoms with Crippen LogP contribution >= 0.6 is 0 Å². The van der Waals surface area contributed by atoms with Gasteiger partial charge in [-0.1, -0.05) is 51.9 Å². The van der Waals surface area contributed by atoms with E-state index in [2.05, 4.69) is 12.2 Å². The first kappa shape index (κ1) is 15.0. The van der Waals surface area contributed by atoms with Crippen molar-refractivity contribution in [2.24, 2.45) is 5.92 Å². The van der Waals surface area contributed by atoms with E-state index in [1.165, 1.54) is 44.9 Å². The Bertz CT molecular complexity index is 166. The van der Waals surface area contributed by atoms with E-state index in [0.29, 0.717) is 5.92 Å². The highest BCUT2D eigenvalue weighted by Gasteiger charge is 2.20. The summed E-state index contributed by atoms with van der Waals surface area (Å²) in [5, 5.41) is 13.4. The zero-order valence-electron chi connectivity index (χ0n) is 11.6. The number of aliphatic hydroxyl groups excluding tert-OH is 1. The zero-order chi connectivity index (χ0) is 12.3. The van der Waals surface area contributed by atoms with Crippen LogP contribution < -0.4 is 5.32 Å². The van der Waals surface area contributed by atoms with E-state index in [1.807, 2.05) is 0 Å². The Kier molecular flexibility index (Phi) is 8.72. The topological polar surface area (TPSA) is 32.3 Å². The first-order valence-electron chi connectivity index (χ1n) is 7.73. The van der Waals surface area contributed by atoms with Crippen molar-refractivity contribution in [1.29, 1.82) is 0 Å². The monoisotopic (exact) mass is 241 g/mol. The zero-order valence-corrected chi connectivity index (χ0v) is 11.6. The molecular formula is C15H31NO. The second-order valence-corrected chi connectivity index (χ2v) is 5.56. The van der Waals surface area contributed by atoms with E-state index >= 15 is 0 Å². The predicted octanol–water partition coefficient (Wildman–Crippen LogP) is 3.49. The first-order valence-corrected chi connectivity index (χ1v) is 7.73. The van der Waals surface area contributed by atoms with Crippen molar-refractivity contribution in [1.82, 2.24) is 5.32 Å². The Hall–Kier alpha value is -0.0800. The molecule has 1 saturated heterocycles. The molecule has 0 aromatic rings. The lowest BCUT2D eigenvalue weighted by Crippen LogP contribution is -2.34. The summed E-state index contributed by atoms with van der Waals surface area (Å²) in [5.41, 5.74) is 0. The van der Waals surface area contributed by atoms with E-state index in [4.69, 9.17) is 0 Å². The molecule has 0 amide bonds. The fraction of sp³-hybridized carbons (Fsp3) is 1.00. The minimum atomic E-state index is -0.0345. The molecule has 2 N–H and O–H groups in total. The molecule has 0 bridgehead atoms. The number of nitrogens with one attached hydrogen (secondary N) is 1. The maximum Gasteiger partial charge on any atom is 0.0569 e. The van der Waals surface area contributed by atoms with Crippen molar-refractivity contribution in [3.63, 3.8) is 0 Å². The van der Waals surface area contributed by atoms with Crippen LogP contribution in [0.3, 0.4) is 0 Å². The Morgan fingerprint density at radius 2 is 1.59 bits per heavy atom. The minimum absolute atomic E-state index is 0.0345. The normalized spacial score (nSPS) is 19.4. The number of hydrogen-bond donors (Lipinski definition) is 2. The molecule has 2 heteroatoms. The average molecular weight is 241 g/mol. The minimum Gasteiger partial charge on any atom is -0.393 e.